The maximum atomic E-state index is 12.0. The van der Waals surface area contributed by atoms with Crippen molar-refractivity contribution in [2.45, 2.75) is 40.0 Å². The van der Waals surface area contributed by atoms with Crippen LogP contribution in [-0.4, -0.2) is 25.7 Å². The lowest BCUT2D eigenvalue weighted by Gasteiger charge is -2.41. The third-order valence-electron chi connectivity index (χ3n) is 4.80. The summed E-state index contributed by atoms with van der Waals surface area (Å²) < 4.78 is 5.23. The molecule has 2 atom stereocenters. The Morgan fingerprint density at radius 3 is 2.75 bits per heavy atom. The average Bonchev–Trinajstić information content (AvgIpc) is 2.74. The second kappa shape index (κ2) is 4.02. The van der Waals surface area contributed by atoms with E-state index in [2.05, 4.69) is 19.2 Å². The molecule has 0 aromatic heterocycles. The molecule has 1 aliphatic carbocycles. The maximum Gasteiger partial charge on any atom is 0.310 e. The van der Waals surface area contributed by atoms with Gasteiger partial charge in [0.15, 0.2) is 0 Å². The van der Waals surface area contributed by atoms with E-state index in [1.54, 1.807) is 0 Å². The molecule has 1 aliphatic heterocycles. The number of hydrogen-bond acceptors (Lipinski definition) is 3. The fraction of sp³-hybridized carbons (Fsp3) is 0.923. The first kappa shape index (κ1) is 11.9. The van der Waals surface area contributed by atoms with Crippen LogP contribution in [0.1, 0.15) is 40.0 Å². The molecule has 0 aromatic carbocycles. The van der Waals surface area contributed by atoms with Crippen molar-refractivity contribution in [3.63, 3.8) is 0 Å². The summed E-state index contributed by atoms with van der Waals surface area (Å²) in [6.07, 6.45) is 3.63. The van der Waals surface area contributed by atoms with Crippen molar-refractivity contribution in [2.75, 3.05) is 19.7 Å². The van der Waals surface area contributed by atoms with E-state index in [4.69, 9.17) is 4.74 Å². The standard InChI is InChI=1S/C13H23NO2/c1-4-16-11(15)10-8-14-9-13(10)7-5-6-12(13,2)3/h10,14H,4-9H2,1-3H3. The van der Waals surface area contributed by atoms with E-state index in [-0.39, 0.29) is 22.7 Å². The van der Waals surface area contributed by atoms with Crippen molar-refractivity contribution in [1.29, 1.82) is 0 Å². The Balaban J connectivity index is 2.22. The van der Waals surface area contributed by atoms with Crippen LogP contribution in [0, 0.1) is 16.7 Å². The number of carbonyl (C=O) groups is 1. The monoisotopic (exact) mass is 225 g/mol. The number of rotatable bonds is 2. The Morgan fingerprint density at radius 2 is 2.19 bits per heavy atom. The van der Waals surface area contributed by atoms with Crippen molar-refractivity contribution in [2.24, 2.45) is 16.7 Å². The zero-order chi connectivity index (χ0) is 11.8. The first-order chi connectivity index (χ1) is 7.53. The van der Waals surface area contributed by atoms with Crippen LogP contribution in [0.2, 0.25) is 0 Å². The van der Waals surface area contributed by atoms with Crippen LogP contribution in [0.4, 0.5) is 0 Å². The summed E-state index contributed by atoms with van der Waals surface area (Å²) >= 11 is 0. The predicted octanol–water partition coefficient (Wildman–Crippen LogP) is 1.97. The molecule has 1 saturated carbocycles. The van der Waals surface area contributed by atoms with Gasteiger partial charge in [-0.1, -0.05) is 20.3 Å². The van der Waals surface area contributed by atoms with Gasteiger partial charge in [-0.25, -0.2) is 0 Å². The molecule has 0 amide bonds. The van der Waals surface area contributed by atoms with Crippen molar-refractivity contribution in [1.82, 2.24) is 5.32 Å². The largest absolute Gasteiger partial charge is 0.466 e. The molecule has 16 heavy (non-hydrogen) atoms. The molecular formula is C13H23NO2. The summed E-state index contributed by atoms with van der Waals surface area (Å²) in [7, 11) is 0. The van der Waals surface area contributed by atoms with Crippen LogP contribution in [0.5, 0.6) is 0 Å². The minimum Gasteiger partial charge on any atom is -0.466 e. The van der Waals surface area contributed by atoms with Crippen LogP contribution in [0.15, 0.2) is 0 Å². The summed E-state index contributed by atoms with van der Waals surface area (Å²) in [4.78, 5) is 12.0. The van der Waals surface area contributed by atoms with Crippen molar-refractivity contribution < 1.29 is 9.53 Å². The van der Waals surface area contributed by atoms with Gasteiger partial charge in [0.05, 0.1) is 12.5 Å². The Bertz CT molecular complexity index is 284. The van der Waals surface area contributed by atoms with Gasteiger partial charge in [-0.3, -0.25) is 4.79 Å². The van der Waals surface area contributed by atoms with Crippen molar-refractivity contribution in [3.8, 4) is 0 Å². The van der Waals surface area contributed by atoms with Gasteiger partial charge < -0.3 is 10.1 Å². The zero-order valence-electron chi connectivity index (χ0n) is 10.6. The van der Waals surface area contributed by atoms with E-state index >= 15 is 0 Å². The molecule has 2 aliphatic rings. The lowest BCUT2D eigenvalue weighted by Crippen LogP contribution is -2.43. The maximum absolute atomic E-state index is 12.0. The summed E-state index contributed by atoms with van der Waals surface area (Å²) in [6, 6.07) is 0. The molecule has 2 fully saturated rings. The fourth-order valence-electron chi connectivity index (χ4n) is 3.72. The topological polar surface area (TPSA) is 38.3 Å². The molecular weight excluding hydrogens is 202 g/mol. The van der Waals surface area contributed by atoms with Gasteiger partial charge in [0.25, 0.3) is 0 Å². The van der Waals surface area contributed by atoms with E-state index < -0.39 is 0 Å². The van der Waals surface area contributed by atoms with Gasteiger partial charge in [-0.05, 0) is 25.2 Å². The Labute approximate surface area is 97.9 Å². The highest BCUT2D eigenvalue weighted by molar-refractivity contribution is 5.74. The minimum absolute atomic E-state index is 0.00229. The van der Waals surface area contributed by atoms with E-state index in [0.29, 0.717) is 6.61 Å². The number of carbonyl (C=O) groups excluding carboxylic acids is 1. The zero-order valence-corrected chi connectivity index (χ0v) is 10.6. The van der Waals surface area contributed by atoms with Crippen molar-refractivity contribution >= 4 is 5.97 Å². The summed E-state index contributed by atoms with van der Waals surface area (Å²) in [6.45, 7) is 8.75. The van der Waals surface area contributed by atoms with Gasteiger partial charge in [-0.2, -0.15) is 0 Å². The first-order valence-corrected chi connectivity index (χ1v) is 6.41. The Morgan fingerprint density at radius 1 is 1.44 bits per heavy atom. The van der Waals surface area contributed by atoms with E-state index in [1.165, 1.54) is 12.8 Å². The van der Waals surface area contributed by atoms with Crippen LogP contribution in [0.3, 0.4) is 0 Å². The van der Waals surface area contributed by atoms with E-state index in [9.17, 15) is 4.79 Å². The second-order valence-electron chi connectivity index (χ2n) is 5.83. The highest BCUT2D eigenvalue weighted by Crippen LogP contribution is 2.58. The minimum atomic E-state index is 0.00229. The predicted molar refractivity (Wildman–Crippen MR) is 63.1 cm³/mol. The fourth-order valence-corrected chi connectivity index (χ4v) is 3.72. The molecule has 3 nitrogen and oxygen atoms in total. The Hall–Kier alpha value is -0.570. The molecule has 0 radical (unpaired) electrons. The van der Waals surface area contributed by atoms with Crippen molar-refractivity contribution in [3.05, 3.63) is 0 Å². The normalized spacial score (nSPS) is 36.8. The summed E-state index contributed by atoms with van der Waals surface area (Å²) in [5.74, 6) is 0.0624. The van der Waals surface area contributed by atoms with Gasteiger partial charge in [-0.15, -0.1) is 0 Å². The molecule has 1 saturated heterocycles. The number of esters is 1. The molecule has 1 spiro atoms. The van der Waals surface area contributed by atoms with Gasteiger partial charge in [0.1, 0.15) is 0 Å². The smallest absolute Gasteiger partial charge is 0.310 e. The van der Waals surface area contributed by atoms with Crippen LogP contribution < -0.4 is 5.32 Å². The quantitative estimate of drug-likeness (QED) is 0.730. The molecule has 1 heterocycles. The molecule has 92 valence electrons. The van der Waals surface area contributed by atoms with Crippen LogP contribution in [-0.2, 0) is 9.53 Å². The highest BCUT2D eigenvalue weighted by atomic mass is 16.5. The molecule has 2 unspecified atom stereocenters. The Kier molecular flexibility index (Phi) is 2.99. The lowest BCUT2D eigenvalue weighted by atomic mass is 9.62. The van der Waals surface area contributed by atoms with Crippen LogP contribution >= 0.6 is 0 Å². The van der Waals surface area contributed by atoms with Crippen LogP contribution in [0.25, 0.3) is 0 Å². The highest BCUT2D eigenvalue weighted by Gasteiger charge is 2.58. The van der Waals surface area contributed by atoms with Gasteiger partial charge in [0, 0.05) is 18.5 Å². The molecule has 0 aromatic rings. The molecule has 2 rings (SSSR count). The molecule has 0 bridgehead atoms. The van der Waals surface area contributed by atoms with E-state index in [0.717, 1.165) is 19.5 Å². The van der Waals surface area contributed by atoms with Gasteiger partial charge in [0.2, 0.25) is 0 Å². The summed E-state index contributed by atoms with van der Waals surface area (Å²) in [5.41, 5.74) is 0.396. The number of nitrogens with one attached hydrogen (secondary N) is 1. The first-order valence-electron chi connectivity index (χ1n) is 6.41. The lowest BCUT2D eigenvalue weighted by molar-refractivity contribution is -0.153. The second-order valence-corrected chi connectivity index (χ2v) is 5.83. The third-order valence-corrected chi connectivity index (χ3v) is 4.80. The van der Waals surface area contributed by atoms with Gasteiger partial charge >= 0.3 is 5.97 Å². The average molecular weight is 225 g/mol. The molecule has 1 N–H and O–H groups in total. The number of ether oxygens (including phenoxy) is 1. The van der Waals surface area contributed by atoms with E-state index in [1.807, 2.05) is 6.92 Å². The molecule has 3 heteroatoms. The SMILES string of the molecule is CCOC(=O)C1CNCC12CCCC2(C)C. The third kappa shape index (κ3) is 1.56. The summed E-state index contributed by atoms with van der Waals surface area (Å²) in [5, 5.41) is 3.40. The number of hydrogen-bond donors (Lipinski definition) is 1.